The quantitative estimate of drug-likeness (QED) is 0.330. The van der Waals surface area contributed by atoms with Gasteiger partial charge < -0.3 is 14.7 Å². The van der Waals surface area contributed by atoms with E-state index in [9.17, 15) is 0 Å². The third kappa shape index (κ3) is 3.51. The van der Waals surface area contributed by atoms with Crippen LogP contribution in [0.3, 0.4) is 0 Å². The maximum Gasteiger partial charge on any atom is 0.320 e. The Labute approximate surface area is 181 Å². The molecule has 0 unspecified atom stereocenters. The number of fused-ring (bicyclic) bond motifs is 1. The second-order valence-electron chi connectivity index (χ2n) is 6.82. The summed E-state index contributed by atoms with van der Waals surface area (Å²) in [4.78, 5) is 7.88. The Balaban J connectivity index is 1.47. The van der Waals surface area contributed by atoms with Crippen LogP contribution in [0.1, 0.15) is 5.56 Å². The van der Waals surface area contributed by atoms with Gasteiger partial charge in [0.15, 0.2) is 0 Å². The number of nitrogens with zero attached hydrogens (tertiary/aromatic N) is 3. The highest BCUT2D eigenvalue weighted by Crippen LogP contribution is 2.34. The molecule has 8 heteroatoms. The number of nitrogens with one attached hydrogen (secondary N) is 2. The van der Waals surface area contributed by atoms with Crippen molar-refractivity contribution >= 4 is 45.9 Å². The Morgan fingerprint density at radius 2 is 1.73 bits per heavy atom. The van der Waals surface area contributed by atoms with E-state index in [1.54, 1.807) is 18.2 Å². The molecular formula is C22H15Cl2N5O. The molecule has 0 radical (unpaired) electrons. The minimum Gasteiger partial charge on any atom is -0.403 e. The van der Waals surface area contributed by atoms with Gasteiger partial charge in [0.25, 0.3) is 0 Å². The first-order valence-corrected chi connectivity index (χ1v) is 9.94. The molecule has 0 spiro atoms. The number of hydrogen-bond acceptors (Lipinski definition) is 5. The lowest BCUT2D eigenvalue weighted by Crippen LogP contribution is -1.90. The molecule has 2 N–H and O–H groups in total. The highest BCUT2D eigenvalue weighted by Gasteiger charge is 2.15. The van der Waals surface area contributed by atoms with E-state index in [-0.39, 0.29) is 0 Å². The van der Waals surface area contributed by atoms with Gasteiger partial charge in [-0.2, -0.15) is 0 Å². The molecule has 0 atom stereocenters. The number of H-pyrrole nitrogens is 1. The third-order valence-electron chi connectivity index (χ3n) is 4.62. The van der Waals surface area contributed by atoms with Crippen LogP contribution in [-0.2, 0) is 0 Å². The molecule has 0 amide bonds. The van der Waals surface area contributed by atoms with E-state index in [1.807, 2.05) is 49.4 Å². The molecule has 5 rings (SSSR count). The van der Waals surface area contributed by atoms with Crippen LogP contribution >= 0.6 is 23.2 Å². The summed E-state index contributed by atoms with van der Waals surface area (Å²) in [7, 11) is 0. The summed E-state index contributed by atoms with van der Waals surface area (Å²) in [6.07, 6.45) is 0. The SMILES string of the molecule is Cc1cccc(Nc2nnc(-c3ccc4nc(-c5c(Cl)cccc5Cl)[nH]c4c3)o2)c1. The lowest BCUT2D eigenvalue weighted by molar-refractivity contribution is 0.588. The van der Waals surface area contributed by atoms with E-state index in [2.05, 4.69) is 25.5 Å². The first-order chi connectivity index (χ1) is 14.6. The second kappa shape index (κ2) is 7.48. The Morgan fingerprint density at radius 3 is 2.53 bits per heavy atom. The van der Waals surface area contributed by atoms with Crippen LogP contribution < -0.4 is 5.32 Å². The molecule has 2 aromatic heterocycles. The zero-order chi connectivity index (χ0) is 20.7. The van der Waals surface area contributed by atoms with Crippen LogP contribution in [-0.4, -0.2) is 20.2 Å². The van der Waals surface area contributed by atoms with E-state index in [1.165, 1.54) is 0 Å². The molecule has 0 saturated heterocycles. The maximum absolute atomic E-state index is 6.31. The normalized spacial score (nSPS) is 11.2. The van der Waals surface area contributed by atoms with Gasteiger partial charge in [-0.05, 0) is 55.0 Å². The van der Waals surface area contributed by atoms with E-state index in [0.717, 1.165) is 27.8 Å². The van der Waals surface area contributed by atoms with Gasteiger partial charge in [0, 0.05) is 11.3 Å². The van der Waals surface area contributed by atoms with Crippen LogP contribution in [0.4, 0.5) is 11.7 Å². The van der Waals surface area contributed by atoms with Crippen LogP contribution in [0.5, 0.6) is 0 Å². The van der Waals surface area contributed by atoms with E-state index in [4.69, 9.17) is 27.6 Å². The fraction of sp³-hybridized carbons (Fsp3) is 0.0455. The van der Waals surface area contributed by atoms with Crippen molar-refractivity contribution in [2.75, 3.05) is 5.32 Å². The number of benzene rings is 3. The smallest absolute Gasteiger partial charge is 0.320 e. The number of hydrogen-bond donors (Lipinski definition) is 2. The highest BCUT2D eigenvalue weighted by molar-refractivity contribution is 6.39. The minimum absolute atomic E-state index is 0.323. The number of rotatable bonds is 4. The van der Waals surface area contributed by atoms with Crippen molar-refractivity contribution in [1.82, 2.24) is 20.2 Å². The molecule has 0 bridgehead atoms. The van der Waals surface area contributed by atoms with Gasteiger partial charge in [0.1, 0.15) is 5.82 Å². The molecule has 2 heterocycles. The molecule has 0 aliphatic carbocycles. The molecular weight excluding hydrogens is 421 g/mol. The van der Waals surface area contributed by atoms with E-state index >= 15 is 0 Å². The number of imidazole rings is 1. The summed E-state index contributed by atoms with van der Waals surface area (Å²) < 4.78 is 5.78. The number of aromatic amines is 1. The van der Waals surface area contributed by atoms with E-state index in [0.29, 0.717) is 33.3 Å². The van der Waals surface area contributed by atoms with Crippen molar-refractivity contribution in [3.05, 3.63) is 76.3 Å². The van der Waals surface area contributed by atoms with Crippen molar-refractivity contribution < 1.29 is 4.42 Å². The second-order valence-corrected chi connectivity index (χ2v) is 7.64. The molecule has 6 nitrogen and oxygen atoms in total. The summed E-state index contributed by atoms with van der Waals surface area (Å²) in [6, 6.07) is 19.3. The van der Waals surface area contributed by atoms with Gasteiger partial charge in [0.2, 0.25) is 5.89 Å². The van der Waals surface area contributed by atoms with Crippen LogP contribution in [0.2, 0.25) is 10.0 Å². The molecule has 0 fully saturated rings. The average molecular weight is 436 g/mol. The number of anilines is 2. The molecule has 0 aliphatic rings. The third-order valence-corrected chi connectivity index (χ3v) is 5.25. The van der Waals surface area contributed by atoms with Crippen molar-refractivity contribution in [2.24, 2.45) is 0 Å². The fourth-order valence-electron chi connectivity index (χ4n) is 3.22. The van der Waals surface area contributed by atoms with Gasteiger partial charge >= 0.3 is 6.01 Å². The molecule has 0 aliphatic heterocycles. The predicted molar refractivity (Wildman–Crippen MR) is 119 cm³/mol. The van der Waals surface area contributed by atoms with Gasteiger partial charge in [-0.3, -0.25) is 0 Å². The van der Waals surface area contributed by atoms with Gasteiger partial charge in [-0.15, -0.1) is 5.10 Å². The zero-order valence-corrected chi connectivity index (χ0v) is 17.3. The standard InChI is InChI=1S/C22H15Cl2N5O/c1-12-4-2-5-14(10-12)25-22-29-28-21(30-22)13-8-9-17-18(11-13)27-20(26-17)19-15(23)6-3-7-16(19)24/h2-11H,1H3,(H,25,29)(H,26,27). The minimum atomic E-state index is 0.323. The molecule has 30 heavy (non-hydrogen) atoms. The van der Waals surface area contributed by atoms with Crippen molar-refractivity contribution in [3.8, 4) is 22.8 Å². The van der Waals surface area contributed by atoms with E-state index < -0.39 is 0 Å². The van der Waals surface area contributed by atoms with Gasteiger partial charge in [-0.25, -0.2) is 4.98 Å². The Kier molecular flexibility index (Phi) is 4.65. The van der Waals surface area contributed by atoms with Crippen LogP contribution in [0.15, 0.2) is 65.1 Å². The number of aryl methyl sites for hydroxylation is 1. The fourth-order valence-corrected chi connectivity index (χ4v) is 3.80. The molecule has 3 aromatic carbocycles. The first kappa shape index (κ1) is 18.7. The lowest BCUT2D eigenvalue weighted by atomic mass is 10.2. The van der Waals surface area contributed by atoms with Crippen LogP contribution in [0, 0.1) is 6.92 Å². The van der Waals surface area contributed by atoms with Crippen molar-refractivity contribution in [1.29, 1.82) is 0 Å². The molecule has 148 valence electrons. The Morgan fingerprint density at radius 1 is 0.933 bits per heavy atom. The first-order valence-electron chi connectivity index (χ1n) is 9.18. The highest BCUT2D eigenvalue weighted by atomic mass is 35.5. The monoisotopic (exact) mass is 435 g/mol. The lowest BCUT2D eigenvalue weighted by Gasteiger charge is -2.02. The largest absolute Gasteiger partial charge is 0.403 e. The number of halogens is 2. The number of aromatic nitrogens is 4. The van der Waals surface area contributed by atoms with Gasteiger partial charge in [-0.1, -0.05) is 46.5 Å². The Hall–Kier alpha value is -3.35. The predicted octanol–water partition coefficient (Wildman–Crippen LogP) is 6.64. The summed E-state index contributed by atoms with van der Waals surface area (Å²) in [5, 5.41) is 12.4. The summed E-state index contributed by atoms with van der Waals surface area (Å²) >= 11 is 12.6. The zero-order valence-electron chi connectivity index (χ0n) is 15.8. The summed E-state index contributed by atoms with van der Waals surface area (Å²) in [5.74, 6) is 1.00. The molecule has 0 saturated carbocycles. The van der Waals surface area contributed by atoms with Crippen molar-refractivity contribution in [2.45, 2.75) is 6.92 Å². The maximum atomic E-state index is 6.31. The Bertz CT molecular complexity index is 1350. The average Bonchev–Trinajstić information content (AvgIpc) is 3.34. The topological polar surface area (TPSA) is 79.6 Å². The summed E-state index contributed by atoms with van der Waals surface area (Å²) in [6.45, 7) is 2.02. The van der Waals surface area contributed by atoms with Gasteiger partial charge in [0.05, 0.1) is 26.6 Å². The van der Waals surface area contributed by atoms with Crippen molar-refractivity contribution in [3.63, 3.8) is 0 Å². The van der Waals surface area contributed by atoms with Crippen LogP contribution in [0.25, 0.3) is 33.9 Å². The molecule has 5 aromatic rings. The summed E-state index contributed by atoms with van der Waals surface area (Å²) in [5.41, 5.74) is 5.05.